The van der Waals surface area contributed by atoms with Gasteiger partial charge >= 0.3 is 0 Å². The van der Waals surface area contributed by atoms with Gasteiger partial charge in [0.2, 0.25) is 5.95 Å². The fraction of sp³-hybridized carbons (Fsp3) is 0.273. The molecular weight excluding hydrogens is 352 g/mol. The standard InChI is InChI=1S/C22H24N4O2/c1-15-8-9-20(28-2)19(12-15)24-22-23-18-10-11-26(14-17(18)21(27)25-22)13-16-6-4-3-5-7-16/h3-9,12H,10-11,13-14H2,1-2H3,(H2,23,24,25,27). The highest BCUT2D eigenvalue weighted by Crippen LogP contribution is 2.27. The Hall–Kier alpha value is -3.12. The Kier molecular flexibility index (Phi) is 5.12. The number of aromatic nitrogens is 2. The van der Waals surface area contributed by atoms with E-state index in [2.05, 4.69) is 32.3 Å². The van der Waals surface area contributed by atoms with E-state index < -0.39 is 0 Å². The van der Waals surface area contributed by atoms with Crippen molar-refractivity contribution in [2.75, 3.05) is 19.0 Å². The minimum absolute atomic E-state index is 0.0862. The summed E-state index contributed by atoms with van der Waals surface area (Å²) in [5, 5.41) is 3.20. The summed E-state index contributed by atoms with van der Waals surface area (Å²) in [6.45, 7) is 4.33. The van der Waals surface area contributed by atoms with Crippen LogP contribution >= 0.6 is 0 Å². The fourth-order valence-electron chi connectivity index (χ4n) is 3.56. The van der Waals surface area contributed by atoms with Crippen LogP contribution in [0.15, 0.2) is 53.3 Å². The summed E-state index contributed by atoms with van der Waals surface area (Å²) in [5.41, 5.74) is 4.66. The van der Waals surface area contributed by atoms with Crippen molar-refractivity contribution in [2.24, 2.45) is 0 Å². The molecule has 6 nitrogen and oxygen atoms in total. The first-order valence-electron chi connectivity index (χ1n) is 9.42. The van der Waals surface area contributed by atoms with Gasteiger partial charge < -0.3 is 10.1 Å². The molecule has 2 N–H and O–H groups in total. The van der Waals surface area contributed by atoms with Gasteiger partial charge in [0.1, 0.15) is 5.75 Å². The number of nitrogens with zero attached hydrogens (tertiary/aromatic N) is 2. The highest BCUT2D eigenvalue weighted by Gasteiger charge is 2.21. The van der Waals surface area contributed by atoms with Gasteiger partial charge in [0, 0.05) is 26.1 Å². The molecule has 3 aromatic rings. The number of H-pyrrole nitrogens is 1. The Labute approximate surface area is 164 Å². The van der Waals surface area contributed by atoms with Crippen molar-refractivity contribution < 1.29 is 4.74 Å². The molecule has 0 saturated heterocycles. The molecule has 2 aromatic carbocycles. The number of hydrogen-bond acceptors (Lipinski definition) is 5. The van der Waals surface area contributed by atoms with Crippen molar-refractivity contribution >= 4 is 11.6 Å². The fourth-order valence-corrected chi connectivity index (χ4v) is 3.56. The number of benzene rings is 2. The van der Waals surface area contributed by atoms with Crippen molar-refractivity contribution in [3.63, 3.8) is 0 Å². The van der Waals surface area contributed by atoms with Crippen LogP contribution in [0.1, 0.15) is 22.4 Å². The maximum Gasteiger partial charge on any atom is 0.257 e. The second kappa shape index (κ2) is 7.86. The van der Waals surface area contributed by atoms with Gasteiger partial charge in [-0.25, -0.2) is 4.98 Å². The lowest BCUT2D eigenvalue weighted by atomic mass is 10.1. The van der Waals surface area contributed by atoms with Crippen molar-refractivity contribution in [3.8, 4) is 5.75 Å². The van der Waals surface area contributed by atoms with Gasteiger partial charge in [0.25, 0.3) is 5.56 Å². The molecule has 1 aliphatic heterocycles. The van der Waals surface area contributed by atoms with Crippen LogP contribution < -0.4 is 15.6 Å². The summed E-state index contributed by atoms with van der Waals surface area (Å²) in [7, 11) is 1.63. The first kappa shape index (κ1) is 18.3. The van der Waals surface area contributed by atoms with Crippen LogP contribution in [0.3, 0.4) is 0 Å². The van der Waals surface area contributed by atoms with Crippen LogP contribution in [0.2, 0.25) is 0 Å². The molecule has 1 aromatic heterocycles. The quantitative estimate of drug-likeness (QED) is 0.714. The number of nitrogens with one attached hydrogen (secondary N) is 2. The zero-order valence-corrected chi connectivity index (χ0v) is 16.2. The molecule has 28 heavy (non-hydrogen) atoms. The van der Waals surface area contributed by atoms with Crippen LogP contribution in [0.4, 0.5) is 11.6 Å². The van der Waals surface area contributed by atoms with Crippen LogP contribution in [0.5, 0.6) is 5.75 Å². The highest BCUT2D eigenvalue weighted by atomic mass is 16.5. The molecule has 0 fully saturated rings. The van der Waals surface area contributed by atoms with E-state index in [1.165, 1.54) is 5.56 Å². The van der Waals surface area contributed by atoms with Crippen molar-refractivity contribution in [1.82, 2.24) is 14.9 Å². The van der Waals surface area contributed by atoms with E-state index in [-0.39, 0.29) is 5.56 Å². The summed E-state index contributed by atoms with van der Waals surface area (Å²) in [5.74, 6) is 1.16. The van der Waals surface area contributed by atoms with Gasteiger partial charge in [-0.15, -0.1) is 0 Å². The first-order valence-corrected chi connectivity index (χ1v) is 9.42. The predicted octanol–water partition coefficient (Wildman–Crippen LogP) is 3.39. The Balaban J connectivity index is 1.55. The van der Waals surface area contributed by atoms with Crippen molar-refractivity contribution in [1.29, 1.82) is 0 Å². The second-order valence-electron chi connectivity index (χ2n) is 7.11. The van der Waals surface area contributed by atoms with Gasteiger partial charge in [0.05, 0.1) is 24.1 Å². The molecular formula is C22H24N4O2. The average Bonchev–Trinajstić information content (AvgIpc) is 2.69. The van der Waals surface area contributed by atoms with E-state index in [0.717, 1.165) is 42.0 Å². The normalized spacial score (nSPS) is 13.8. The SMILES string of the molecule is COc1ccc(C)cc1Nc1nc2c(c(=O)[nH]1)CN(Cc1ccccc1)CC2. The van der Waals surface area contributed by atoms with Crippen molar-refractivity contribution in [3.05, 3.63) is 81.3 Å². The van der Waals surface area contributed by atoms with Gasteiger partial charge in [-0.2, -0.15) is 0 Å². The maximum absolute atomic E-state index is 12.7. The molecule has 0 atom stereocenters. The zero-order valence-electron chi connectivity index (χ0n) is 16.2. The maximum atomic E-state index is 12.7. The van der Waals surface area contributed by atoms with Gasteiger partial charge in [-0.1, -0.05) is 36.4 Å². The third kappa shape index (κ3) is 3.92. The van der Waals surface area contributed by atoms with E-state index >= 15 is 0 Å². The lowest BCUT2D eigenvalue weighted by molar-refractivity contribution is 0.242. The zero-order chi connectivity index (χ0) is 19.5. The second-order valence-corrected chi connectivity index (χ2v) is 7.11. The Bertz CT molecular complexity index is 1030. The van der Waals surface area contributed by atoms with E-state index in [4.69, 9.17) is 4.74 Å². The van der Waals surface area contributed by atoms with Crippen LogP contribution in [0, 0.1) is 6.92 Å². The summed E-state index contributed by atoms with van der Waals surface area (Å²) < 4.78 is 5.40. The third-order valence-corrected chi connectivity index (χ3v) is 5.00. The van der Waals surface area contributed by atoms with Crippen LogP contribution in [-0.4, -0.2) is 28.5 Å². The molecule has 0 radical (unpaired) electrons. The van der Waals surface area contributed by atoms with E-state index in [1.54, 1.807) is 7.11 Å². The van der Waals surface area contributed by atoms with E-state index in [0.29, 0.717) is 18.2 Å². The Morgan fingerprint density at radius 3 is 2.82 bits per heavy atom. The largest absolute Gasteiger partial charge is 0.495 e. The number of rotatable bonds is 5. The Morgan fingerprint density at radius 1 is 1.21 bits per heavy atom. The van der Waals surface area contributed by atoms with Crippen LogP contribution in [0.25, 0.3) is 0 Å². The monoisotopic (exact) mass is 376 g/mol. The van der Waals surface area contributed by atoms with Gasteiger partial charge in [0.15, 0.2) is 0 Å². The lowest BCUT2D eigenvalue weighted by Crippen LogP contribution is -2.35. The highest BCUT2D eigenvalue weighted by molar-refractivity contribution is 5.63. The molecule has 1 aliphatic rings. The number of aromatic amines is 1. The molecule has 0 unspecified atom stereocenters. The molecule has 0 bridgehead atoms. The number of fused-ring (bicyclic) bond motifs is 1. The predicted molar refractivity (Wildman–Crippen MR) is 110 cm³/mol. The molecule has 4 rings (SSSR count). The lowest BCUT2D eigenvalue weighted by Gasteiger charge is -2.27. The molecule has 6 heteroatoms. The average molecular weight is 376 g/mol. The molecule has 2 heterocycles. The Morgan fingerprint density at radius 2 is 2.04 bits per heavy atom. The summed E-state index contributed by atoms with van der Waals surface area (Å²) in [4.78, 5) is 22.5. The van der Waals surface area contributed by atoms with E-state index in [9.17, 15) is 4.79 Å². The smallest absolute Gasteiger partial charge is 0.257 e. The molecule has 0 saturated carbocycles. The number of methoxy groups -OCH3 is 1. The molecule has 0 spiro atoms. The molecule has 0 aliphatic carbocycles. The molecule has 144 valence electrons. The van der Waals surface area contributed by atoms with E-state index in [1.807, 2.05) is 43.3 Å². The topological polar surface area (TPSA) is 70.2 Å². The summed E-state index contributed by atoms with van der Waals surface area (Å²) >= 11 is 0. The first-order chi connectivity index (χ1) is 13.6. The minimum atomic E-state index is -0.0862. The van der Waals surface area contributed by atoms with Gasteiger partial charge in [-0.05, 0) is 30.2 Å². The number of aryl methyl sites for hydroxylation is 1. The minimum Gasteiger partial charge on any atom is -0.495 e. The van der Waals surface area contributed by atoms with Crippen LogP contribution in [-0.2, 0) is 19.5 Å². The number of ether oxygens (including phenoxy) is 1. The number of anilines is 2. The summed E-state index contributed by atoms with van der Waals surface area (Å²) in [6, 6.07) is 16.2. The van der Waals surface area contributed by atoms with Crippen molar-refractivity contribution in [2.45, 2.75) is 26.4 Å². The third-order valence-electron chi connectivity index (χ3n) is 5.00. The summed E-state index contributed by atoms with van der Waals surface area (Å²) in [6.07, 6.45) is 0.756. The number of hydrogen-bond donors (Lipinski definition) is 2. The van der Waals surface area contributed by atoms with Gasteiger partial charge in [-0.3, -0.25) is 14.7 Å². The molecule has 0 amide bonds.